The van der Waals surface area contributed by atoms with Crippen molar-refractivity contribution in [3.63, 3.8) is 0 Å². The normalized spacial score (nSPS) is 10.3. The summed E-state index contributed by atoms with van der Waals surface area (Å²) in [6, 6.07) is 11.8. The van der Waals surface area contributed by atoms with E-state index < -0.39 is 0 Å². The fourth-order valence-electron chi connectivity index (χ4n) is 1.84. The lowest BCUT2D eigenvalue weighted by Gasteiger charge is -2.06. The highest BCUT2D eigenvalue weighted by Crippen LogP contribution is 2.12. The van der Waals surface area contributed by atoms with Crippen molar-refractivity contribution in [3.05, 3.63) is 59.5 Å². The minimum absolute atomic E-state index is 0.0232. The molecule has 2 N–H and O–H groups in total. The average Bonchev–Trinajstić information content (AvgIpc) is 3.06. The molecule has 1 heterocycles. The highest BCUT2D eigenvalue weighted by molar-refractivity contribution is 7.99. The van der Waals surface area contributed by atoms with Gasteiger partial charge in [-0.25, -0.2) is 0 Å². The minimum Gasteiger partial charge on any atom is -0.467 e. The Bertz CT molecular complexity index is 624. The molecule has 0 saturated carbocycles. The van der Waals surface area contributed by atoms with E-state index in [0.717, 1.165) is 5.75 Å². The summed E-state index contributed by atoms with van der Waals surface area (Å²) in [5.41, 5.74) is 2.40. The molecule has 2 aromatic rings. The van der Waals surface area contributed by atoms with E-state index >= 15 is 0 Å². The second-order valence-corrected chi connectivity index (χ2v) is 6.10. The molecule has 122 valence electrons. The van der Waals surface area contributed by atoms with Crippen LogP contribution in [0.3, 0.4) is 0 Å². The molecule has 0 saturated heterocycles. The van der Waals surface area contributed by atoms with Crippen molar-refractivity contribution in [2.24, 2.45) is 0 Å². The number of carbonyl (C=O) groups excluding carboxylic acids is 2. The SMILES string of the molecule is Cc1ccc(CSCC(=O)NCC(=O)NCc2ccco2)cc1. The van der Waals surface area contributed by atoms with Crippen molar-refractivity contribution >= 4 is 23.6 Å². The summed E-state index contributed by atoms with van der Waals surface area (Å²) < 4.78 is 5.11. The van der Waals surface area contributed by atoms with Crippen LogP contribution in [0, 0.1) is 6.92 Å². The van der Waals surface area contributed by atoms with Crippen LogP contribution in [0.5, 0.6) is 0 Å². The Balaban J connectivity index is 1.57. The molecule has 5 nitrogen and oxygen atoms in total. The maximum atomic E-state index is 11.7. The van der Waals surface area contributed by atoms with Gasteiger partial charge in [-0.3, -0.25) is 9.59 Å². The third kappa shape index (κ3) is 6.61. The molecule has 0 atom stereocenters. The summed E-state index contributed by atoms with van der Waals surface area (Å²) in [6.45, 7) is 2.34. The van der Waals surface area contributed by atoms with Gasteiger partial charge in [0, 0.05) is 5.75 Å². The number of thioether (sulfide) groups is 1. The van der Waals surface area contributed by atoms with Crippen LogP contribution < -0.4 is 10.6 Å². The van der Waals surface area contributed by atoms with E-state index in [2.05, 4.69) is 34.9 Å². The maximum Gasteiger partial charge on any atom is 0.239 e. The standard InChI is InChI=1S/C17H20N2O3S/c1-13-4-6-14(7-5-13)11-23-12-17(21)19-10-16(20)18-9-15-3-2-8-22-15/h2-8H,9-12H2,1H3,(H,18,20)(H,19,21). The fourth-order valence-corrected chi connectivity index (χ4v) is 2.65. The number of carbonyl (C=O) groups is 2. The molecule has 2 amide bonds. The van der Waals surface area contributed by atoms with Gasteiger partial charge in [0.25, 0.3) is 0 Å². The lowest BCUT2D eigenvalue weighted by atomic mass is 10.2. The van der Waals surface area contributed by atoms with Crippen LogP contribution in [0.2, 0.25) is 0 Å². The van der Waals surface area contributed by atoms with E-state index in [1.807, 2.05) is 6.92 Å². The fraction of sp³-hybridized carbons (Fsp3) is 0.294. The number of aryl methyl sites for hydroxylation is 1. The Hall–Kier alpha value is -2.21. The number of hydrogen-bond acceptors (Lipinski definition) is 4. The Kier molecular flexibility index (Phi) is 6.75. The molecule has 0 radical (unpaired) electrons. The summed E-state index contributed by atoms with van der Waals surface area (Å²) in [6.07, 6.45) is 1.55. The number of amides is 2. The highest BCUT2D eigenvalue weighted by atomic mass is 32.2. The van der Waals surface area contributed by atoms with Crippen LogP contribution in [-0.4, -0.2) is 24.1 Å². The molecular weight excluding hydrogens is 312 g/mol. The van der Waals surface area contributed by atoms with Gasteiger partial charge >= 0.3 is 0 Å². The van der Waals surface area contributed by atoms with Gasteiger partial charge in [-0.2, -0.15) is 0 Å². The van der Waals surface area contributed by atoms with Gasteiger partial charge in [-0.15, -0.1) is 11.8 Å². The average molecular weight is 332 g/mol. The number of benzene rings is 1. The zero-order valence-electron chi connectivity index (χ0n) is 13.0. The third-order valence-electron chi connectivity index (χ3n) is 3.11. The largest absolute Gasteiger partial charge is 0.467 e. The van der Waals surface area contributed by atoms with Gasteiger partial charge in [-0.05, 0) is 24.6 Å². The second-order valence-electron chi connectivity index (χ2n) is 5.11. The molecule has 0 unspecified atom stereocenters. The van der Waals surface area contributed by atoms with E-state index in [0.29, 0.717) is 18.1 Å². The van der Waals surface area contributed by atoms with Gasteiger partial charge in [-0.1, -0.05) is 29.8 Å². The van der Waals surface area contributed by atoms with Gasteiger partial charge < -0.3 is 15.1 Å². The molecular formula is C17H20N2O3S. The Labute approximate surface area is 139 Å². The number of furan rings is 1. The summed E-state index contributed by atoms with van der Waals surface area (Å²) in [5.74, 6) is 1.41. The van der Waals surface area contributed by atoms with Gasteiger partial charge in [0.15, 0.2) is 0 Å². The molecule has 0 aliphatic rings. The van der Waals surface area contributed by atoms with Gasteiger partial charge in [0.05, 0.1) is 25.1 Å². The first-order valence-electron chi connectivity index (χ1n) is 7.32. The molecule has 1 aromatic carbocycles. The third-order valence-corrected chi connectivity index (χ3v) is 4.11. The predicted octanol–water partition coefficient (Wildman–Crippen LogP) is 2.25. The molecule has 0 fully saturated rings. The lowest BCUT2D eigenvalue weighted by Crippen LogP contribution is -2.37. The first-order chi connectivity index (χ1) is 11.1. The monoisotopic (exact) mass is 332 g/mol. The second kappa shape index (κ2) is 9.05. The summed E-state index contributed by atoms with van der Waals surface area (Å²) >= 11 is 1.52. The Morgan fingerprint density at radius 3 is 2.57 bits per heavy atom. The van der Waals surface area contributed by atoms with Gasteiger partial charge in [0.1, 0.15) is 5.76 Å². The van der Waals surface area contributed by atoms with Crippen molar-refractivity contribution in [1.82, 2.24) is 10.6 Å². The minimum atomic E-state index is -0.238. The van der Waals surface area contributed by atoms with E-state index in [1.54, 1.807) is 18.4 Å². The smallest absolute Gasteiger partial charge is 0.239 e. The van der Waals surface area contributed by atoms with Crippen LogP contribution in [-0.2, 0) is 21.9 Å². The molecule has 0 spiro atoms. The van der Waals surface area contributed by atoms with E-state index in [9.17, 15) is 9.59 Å². The van der Waals surface area contributed by atoms with E-state index in [4.69, 9.17) is 4.42 Å². The molecule has 0 aliphatic heterocycles. The number of hydrogen-bond donors (Lipinski definition) is 2. The maximum absolute atomic E-state index is 11.7. The predicted molar refractivity (Wildman–Crippen MR) is 90.9 cm³/mol. The van der Waals surface area contributed by atoms with Crippen LogP contribution in [0.1, 0.15) is 16.9 Å². The van der Waals surface area contributed by atoms with Crippen molar-refractivity contribution in [2.45, 2.75) is 19.2 Å². The quantitative estimate of drug-likeness (QED) is 0.778. The van der Waals surface area contributed by atoms with Crippen LogP contribution in [0.15, 0.2) is 47.1 Å². The Morgan fingerprint density at radius 1 is 1.09 bits per heavy atom. The zero-order valence-corrected chi connectivity index (χ0v) is 13.8. The lowest BCUT2D eigenvalue weighted by molar-refractivity contribution is -0.124. The molecule has 0 aliphatic carbocycles. The van der Waals surface area contributed by atoms with Crippen molar-refractivity contribution < 1.29 is 14.0 Å². The summed E-state index contributed by atoms with van der Waals surface area (Å²) in [5, 5.41) is 5.28. The zero-order chi connectivity index (χ0) is 16.5. The van der Waals surface area contributed by atoms with Gasteiger partial charge in [0.2, 0.25) is 11.8 Å². The molecule has 0 bridgehead atoms. The van der Waals surface area contributed by atoms with Crippen molar-refractivity contribution in [1.29, 1.82) is 0 Å². The molecule has 23 heavy (non-hydrogen) atoms. The van der Waals surface area contributed by atoms with Crippen LogP contribution in [0.4, 0.5) is 0 Å². The topological polar surface area (TPSA) is 71.3 Å². The van der Waals surface area contributed by atoms with Crippen molar-refractivity contribution in [2.75, 3.05) is 12.3 Å². The van der Waals surface area contributed by atoms with E-state index in [-0.39, 0.29) is 18.4 Å². The first kappa shape index (κ1) is 17.1. The number of rotatable bonds is 8. The number of nitrogens with one attached hydrogen (secondary N) is 2. The molecule has 6 heteroatoms. The summed E-state index contributed by atoms with van der Waals surface area (Å²) in [7, 11) is 0. The van der Waals surface area contributed by atoms with Crippen LogP contribution in [0.25, 0.3) is 0 Å². The van der Waals surface area contributed by atoms with Crippen LogP contribution >= 0.6 is 11.8 Å². The molecule has 2 rings (SSSR count). The molecule has 1 aromatic heterocycles. The highest BCUT2D eigenvalue weighted by Gasteiger charge is 2.06. The first-order valence-corrected chi connectivity index (χ1v) is 8.48. The van der Waals surface area contributed by atoms with E-state index in [1.165, 1.54) is 22.9 Å². The van der Waals surface area contributed by atoms with Crippen molar-refractivity contribution in [3.8, 4) is 0 Å². The Morgan fingerprint density at radius 2 is 1.87 bits per heavy atom. The summed E-state index contributed by atoms with van der Waals surface area (Å²) in [4.78, 5) is 23.3.